The molecule has 0 radical (unpaired) electrons. The molecule has 0 spiro atoms. The number of rotatable bonds is 9. The zero-order valence-corrected chi connectivity index (χ0v) is 10.7. The number of benzene rings is 1. The number of hydrogen-bond acceptors (Lipinski definition) is 4. The van der Waals surface area contributed by atoms with Gasteiger partial charge >= 0.3 is 0 Å². The molecule has 0 amide bonds. The number of nitrogens with two attached hydrogens (primary N) is 1. The highest BCUT2D eigenvalue weighted by molar-refractivity contribution is 5.34. The Labute approximate surface area is 107 Å². The first-order valence-electron chi connectivity index (χ1n) is 5.96. The van der Waals surface area contributed by atoms with Crippen molar-refractivity contribution in [3.8, 4) is 5.75 Å². The van der Waals surface area contributed by atoms with E-state index in [0.717, 1.165) is 6.42 Å². The van der Waals surface area contributed by atoms with Gasteiger partial charge in [0.25, 0.3) is 0 Å². The summed E-state index contributed by atoms with van der Waals surface area (Å²) in [6, 6.07) is 4.71. The van der Waals surface area contributed by atoms with Crippen LogP contribution in [0.4, 0.5) is 4.39 Å². The van der Waals surface area contributed by atoms with Gasteiger partial charge in [-0.1, -0.05) is 6.07 Å². The van der Waals surface area contributed by atoms with Gasteiger partial charge < -0.3 is 19.9 Å². The first-order valence-corrected chi connectivity index (χ1v) is 5.96. The van der Waals surface area contributed by atoms with E-state index in [1.165, 1.54) is 6.07 Å². The molecule has 0 bridgehead atoms. The Bertz CT molecular complexity index is 347. The molecule has 1 aromatic rings. The Morgan fingerprint density at radius 1 is 1.17 bits per heavy atom. The molecule has 4 nitrogen and oxygen atoms in total. The minimum Gasteiger partial charge on any atom is -0.493 e. The molecular formula is C13H20FNO3. The van der Waals surface area contributed by atoms with E-state index in [0.29, 0.717) is 37.7 Å². The van der Waals surface area contributed by atoms with E-state index >= 15 is 0 Å². The number of methoxy groups -OCH3 is 1. The summed E-state index contributed by atoms with van der Waals surface area (Å²) in [6.45, 7) is 2.36. The number of ether oxygens (including phenoxy) is 3. The lowest BCUT2D eigenvalue weighted by Gasteiger charge is -2.11. The average molecular weight is 257 g/mol. The second kappa shape index (κ2) is 8.85. The monoisotopic (exact) mass is 257 g/mol. The third-order valence-electron chi connectivity index (χ3n) is 2.40. The van der Waals surface area contributed by atoms with Gasteiger partial charge in [-0.25, -0.2) is 4.39 Å². The van der Waals surface area contributed by atoms with Gasteiger partial charge in [0, 0.05) is 32.2 Å². The largest absolute Gasteiger partial charge is 0.493 e. The van der Waals surface area contributed by atoms with Crippen molar-refractivity contribution in [1.29, 1.82) is 0 Å². The second-order valence-electron chi connectivity index (χ2n) is 3.73. The Morgan fingerprint density at radius 3 is 2.72 bits per heavy atom. The quantitative estimate of drug-likeness (QED) is 0.684. The minimum atomic E-state index is -0.327. The molecule has 0 unspecified atom stereocenters. The highest BCUT2D eigenvalue weighted by Crippen LogP contribution is 2.20. The van der Waals surface area contributed by atoms with Gasteiger partial charge in [0.2, 0.25) is 0 Å². The average Bonchev–Trinajstić information content (AvgIpc) is 2.38. The molecule has 18 heavy (non-hydrogen) atoms. The molecule has 0 atom stereocenters. The molecular weight excluding hydrogens is 237 g/mol. The molecule has 1 rings (SSSR count). The molecule has 0 fully saturated rings. The van der Waals surface area contributed by atoms with Crippen LogP contribution in [0.3, 0.4) is 0 Å². The van der Waals surface area contributed by atoms with E-state index in [2.05, 4.69) is 0 Å². The van der Waals surface area contributed by atoms with Crippen LogP contribution in [-0.2, 0) is 16.0 Å². The van der Waals surface area contributed by atoms with Crippen molar-refractivity contribution in [2.75, 3.05) is 33.5 Å². The van der Waals surface area contributed by atoms with Crippen molar-refractivity contribution in [3.05, 3.63) is 29.6 Å². The van der Waals surface area contributed by atoms with Gasteiger partial charge in [0.1, 0.15) is 11.6 Å². The van der Waals surface area contributed by atoms with Crippen molar-refractivity contribution >= 4 is 0 Å². The molecule has 0 aromatic heterocycles. The SMILES string of the molecule is COCCOCCCOc1cccc(F)c1CN. The van der Waals surface area contributed by atoms with E-state index in [9.17, 15) is 4.39 Å². The molecule has 0 saturated heterocycles. The van der Waals surface area contributed by atoms with E-state index in [1.54, 1.807) is 19.2 Å². The van der Waals surface area contributed by atoms with Crippen LogP contribution in [0.15, 0.2) is 18.2 Å². The molecule has 2 N–H and O–H groups in total. The van der Waals surface area contributed by atoms with Crippen LogP contribution in [0.1, 0.15) is 12.0 Å². The van der Waals surface area contributed by atoms with E-state index in [1.807, 2.05) is 0 Å². The molecule has 5 heteroatoms. The summed E-state index contributed by atoms with van der Waals surface area (Å²) in [6.07, 6.45) is 0.740. The van der Waals surface area contributed by atoms with Crippen molar-refractivity contribution in [2.24, 2.45) is 5.73 Å². The fraction of sp³-hybridized carbons (Fsp3) is 0.538. The standard InChI is InChI=1S/C13H20FNO3/c1-16-8-9-17-6-3-7-18-13-5-2-4-12(14)11(13)10-15/h2,4-5H,3,6-10,15H2,1H3. The number of halogens is 1. The highest BCUT2D eigenvalue weighted by atomic mass is 19.1. The van der Waals surface area contributed by atoms with Gasteiger partial charge in [-0.15, -0.1) is 0 Å². The Morgan fingerprint density at radius 2 is 2.00 bits per heavy atom. The van der Waals surface area contributed by atoms with Gasteiger partial charge in [-0.3, -0.25) is 0 Å². The normalized spacial score (nSPS) is 10.6. The Hall–Kier alpha value is -1.17. The van der Waals surface area contributed by atoms with Crippen LogP contribution < -0.4 is 10.5 Å². The van der Waals surface area contributed by atoms with Gasteiger partial charge in [0.05, 0.1) is 19.8 Å². The molecule has 0 saturated carbocycles. The first-order chi connectivity index (χ1) is 8.79. The smallest absolute Gasteiger partial charge is 0.131 e. The predicted molar refractivity (Wildman–Crippen MR) is 67.1 cm³/mol. The van der Waals surface area contributed by atoms with Crippen molar-refractivity contribution < 1.29 is 18.6 Å². The third-order valence-corrected chi connectivity index (χ3v) is 2.40. The van der Waals surface area contributed by atoms with E-state index in [4.69, 9.17) is 19.9 Å². The summed E-state index contributed by atoms with van der Waals surface area (Å²) < 4.78 is 29.0. The zero-order valence-electron chi connectivity index (χ0n) is 10.7. The molecule has 0 aliphatic carbocycles. The summed E-state index contributed by atoms with van der Waals surface area (Å²) in [7, 11) is 1.63. The van der Waals surface area contributed by atoms with Gasteiger partial charge in [-0.05, 0) is 12.1 Å². The lowest BCUT2D eigenvalue weighted by Crippen LogP contribution is -2.09. The second-order valence-corrected chi connectivity index (χ2v) is 3.73. The maximum atomic E-state index is 13.4. The maximum Gasteiger partial charge on any atom is 0.131 e. The summed E-state index contributed by atoms with van der Waals surface area (Å²) in [5.74, 6) is 0.181. The summed E-state index contributed by atoms with van der Waals surface area (Å²) in [4.78, 5) is 0. The first kappa shape index (κ1) is 14.9. The maximum absolute atomic E-state index is 13.4. The minimum absolute atomic E-state index is 0.131. The molecule has 0 aliphatic rings. The van der Waals surface area contributed by atoms with Crippen LogP contribution in [0.25, 0.3) is 0 Å². The topological polar surface area (TPSA) is 53.7 Å². The molecule has 0 heterocycles. The fourth-order valence-corrected chi connectivity index (χ4v) is 1.46. The van der Waals surface area contributed by atoms with Crippen molar-refractivity contribution in [1.82, 2.24) is 0 Å². The van der Waals surface area contributed by atoms with Crippen LogP contribution in [0.5, 0.6) is 5.75 Å². The summed E-state index contributed by atoms with van der Waals surface area (Å²) >= 11 is 0. The van der Waals surface area contributed by atoms with Crippen LogP contribution in [0, 0.1) is 5.82 Å². The molecule has 102 valence electrons. The Balaban J connectivity index is 2.25. The van der Waals surface area contributed by atoms with Crippen molar-refractivity contribution in [2.45, 2.75) is 13.0 Å². The third kappa shape index (κ3) is 5.00. The van der Waals surface area contributed by atoms with E-state index in [-0.39, 0.29) is 12.4 Å². The molecule has 1 aromatic carbocycles. The van der Waals surface area contributed by atoms with Gasteiger partial charge in [0.15, 0.2) is 0 Å². The lowest BCUT2D eigenvalue weighted by molar-refractivity contribution is 0.0644. The van der Waals surface area contributed by atoms with E-state index < -0.39 is 0 Å². The number of hydrogen-bond donors (Lipinski definition) is 1. The van der Waals surface area contributed by atoms with Crippen LogP contribution >= 0.6 is 0 Å². The van der Waals surface area contributed by atoms with Crippen LogP contribution in [-0.4, -0.2) is 33.5 Å². The zero-order chi connectivity index (χ0) is 13.2. The Kier molecular flexibility index (Phi) is 7.32. The lowest BCUT2D eigenvalue weighted by atomic mass is 10.2. The van der Waals surface area contributed by atoms with Crippen LogP contribution in [0.2, 0.25) is 0 Å². The summed E-state index contributed by atoms with van der Waals surface area (Å²) in [5, 5.41) is 0. The fourth-order valence-electron chi connectivity index (χ4n) is 1.46. The summed E-state index contributed by atoms with van der Waals surface area (Å²) in [5.41, 5.74) is 5.89. The molecule has 0 aliphatic heterocycles. The highest BCUT2D eigenvalue weighted by Gasteiger charge is 2.07. The predicted octanol–water partition coefficient (Wildman–Crippen LogP) is 1.72. The van der Waals surface area contributed by atoms with Gasteiger partial charge in [-0.2, -0.15) is 0 Å². The van der Waals surface area contributed by atoms with Crippen molar-refractivity contribution in [3.63, 3.8) is 0 Å².